The smallest absolute Gasteiger partial charge is 0.356 e. The van der Waals surface area contributed by atoms with Gasteiger partial charge in [0.1, 0.15) is 5.01 Å². The molecule has 9 heteroatoms. The third kappa shape index (κ3) is 4.58. The van der Waals surface area contributed by atoms with Gasteiger partial charge >= 0.3 is 6.18 Å². The Bertz CT molecular complexity index is 1160. The van der Waals surface area contributed by atoms with E-state index in [2.05, 4.69) is 20.5 Å². The lowest BCUT2D eigenvalue weighted by Crippen LogP contribution is -2.31. The number of nitrogens with two attached hydrogens (primary N) is 1. The van der Waals surface area contributed by atoms with Gasteiger partial charge < -0.3 is 11.1 Å². The van der Waals surface area contributed by atoms with Crippen LogP contribution in [0.4, 0.5) is 18.3 Å². The van der Waals surface area contributed by atoms with Gasteiger partial charge in [0.05, 0.1) is 5.56 Å². The minimum absolute atomic E-state index is 0.244. The molecule has 0 aliphatic rings. The van der Waals surface area contributed by atoms with Crippen molar-refractivity contribution in [1.82, 2.24) is 15.2 Å². The maximum absolute atomic E-state index is 12.9. The zero-order valence-corrected chi connectivity index (χ0v) is 16.5. The van der Waals surface area contributed by atoms with E-state index < -0.39 is 11.7 Å². The second-order valence-corrected chi connectivity index (χ2v) is 7.81. The molecule has 0 bridgehead atoms. The number of nitrogens with one attached hydrogen (secondary N) is 1. The predicted molar refractivity (Wildman–Crippen MR) is 112 cm³/mol. The van der Waals surface area contributed by atoms with Crippen molar-refractivity contribution in [3.8, 4) is 10.6 Å². The first-order valence-electron chi connectivity index (χ1n) is 9.23. The van der Waals surface area contributed by atoms with Crippen LogP contribution in [0.5, 0.6) is 0 Å². The van der Waals surface area contributed by atoms with E-state index in [1.165, 1.54) is 17.4 Å². The van der Waals surface area contributed by atoms with Crippen LogP contribution in [0.3, 0.4) is 0 Å². The monoisotopic (exact) mass is 429 g/mol. The first kappa shape index (κ1) is 20.2. The summed E-state index contributed by atoms with van der Waals surface area (Å²) >= 11 is 1.37. The second-order valence-electron chi connectivity index (χ2n) is 6.83. The molecule has 0 fully saturated rings. The number of alkyl halides is 3. The van der Waals surface area contributed by atoms with Gasteiger partial charge in [-0.1, -0.05) is 41.7 Å². The average Bonchev–Trinajstić information content (AvgIpc) is 3.21. The number of hydrogen-bond acceptors (Lipinski definition) is 6. The Morgan fingerprint density at radius 1 is 1.03 bits per heavy atom. The molecule has 154 valence electrons. The van der Waals surface area contributed by atoms with Crippen molar-refractivity contribution in [2.45, 2.75) is 18.6 Å². The lowest BCUT2D eigenvalue weighted by atomic mass is 10.0. The fourth-order valence-electron chi connectivity index (χ4n) is 3.14. The van der Waals surface area contributed by atoms with Crippen molar-refractivity contribution in [2.75, 3.05) is 11.9 Å². The molecule has 1 atom stereocenters. The van der Waals surface area contributed by atoms with Gasteiger partial charge in [-0.2, -0.15) is 13.2 Å². The third-order valence-electron chi connectivity index (χ3n) is 4.66. The Morgan fingerprint density at radius 3 is 2.70 bits per heavy atom. The van der Waals surface area contributed by atoms with E-state index in [-0.39, 0.29) is 12.6 Å². The number of hydrogen-bond donors (Lipinski definition) is 2. The Labute approximate surface area is 174 Å². The van der Waals surface area contributed by atoms with Gasteiger partial charge in [0.15, 0.2) is 0 Å². The minimum Gasteiger partial charge on any atom is -0.356 e. The molecule has 0 spiro atoms. The molecule has 4 rings (SSSR count). The summed E-state index contributed by atoms with van der Waals surface area (Å²) in [5.74, 6) is 0. The van der Waals surface area contributed by atoms with Crippen LogP contribution >= 0.6 is 11.3 Å². The lowest BCUT2D eigenvalue weighted by Gasteiger charge is -2.16. The predicted octanol–water partition coefficient (Wildman–Crippen LogP) is 4.75. The van der Waals surface area contributed by atoms with E-state index in [0.717, 1.165) is 33.5 Å². The molecule has 0 saturated carbocycles. The number of benzene rings is 2. The molecule has 3 N–H and O–H groups in total. The molecule has 30 heavy (non-hydrogen) atoms. The van der Waals surface area contributed by atoms with Crippen molar-refractivity contribution >= 4 is 27.2 Å². The molecular weight excluding hydrogens is 411 g/mol. The number of pyridine rings is 1. The molecule has 0 unspecified atom stereocenters. The average molecular weight is 429 g/mol. The van der Waals surface area contributed by atoms with Crippen LogP contribution in [-0.2, 0) is 12.6 Å². The van der Waals surface area contributed by atoms with E-state index in [1.807, 2.05) is 24.3 Å². The lowest BCUT2D eigenvalue weighted by molar-refractivity contribution is -0.137. The van der Waals surface area contributed by atoms with Crippen molar-refractivity contribution in [3.05, 3.63) is 72.1 Å². The molecule has 0 radical (unpaired) electrons. The Hall–Kier alpha value is -3.04. The van der Waals surface area contributed by atoms with Crippen molar-refractivity contribution in [1.29, 1.82) is 0 Å². The van der Waals surface area contributed by atoms with Crippen LogP contribution in [0, 0.1) is 0 Å². The Kier molecular flexibility index (Phi) is 5.65. The number of fused-ring (bicyclic) bond motifs is 1. The minimum atomic E-state index is -4.37. The van der Waals surface area contributed by atoms with Crippen molar-refractivity contribution in [2.24, 2.45) is 5.73 Å². The quantitative estimate of drug-likeness (QED) is 0.462. The largest absolute Gasteiger partial charge is 0.416 e. The number of anilines is 1. The summed E-state index contributed by atoms with van der Waals surface area (Å²) in [4.78, 5) is 4.11. The fraction of sp³-hybridized carbons (Fsp3) is 0.190. The summed E-state index contributed by atoms with van der Waals surface area (Å²) < 4.78 is 38.8. The summed E-state index contributed by atoms with van der Waals surface area (Å²) in [5, 5.41) is 15.0. The zero-order valence-electron chi connectivity index (χ0n) is 15.7. The molecule has 0 saturated heterocycles. The summed E-state index contributed by atoms with van der Waals surface area (Å²) in [7, 11) is 0. The van der Waals surface area contributed by atoms with E-state index in [1.54, 1.807) is 18.5 Å². The van der Waals surface area contributed by atoms with Crippen molar-refractivity contribution in [3.63, 3.8) is 0 Å². The molecule has 5 nitrogen and oxygen atoms in total. The van der Waals surface area contributed by atoms with Crippen LogP contribution in [0.25, 0.3) is 21.3 Å². The van der Waals surface area contributed by atoms with Crippen LogP contribution in [0.15, 0.2) is 60.9 Å². The van der Waals surface area contributed by atoms with Crippen LogP contribution in [0.1, 0.15) is 11.1 Å². The van der Waals surface area contributed by atoms with Gasteiger partial charge in [-0.05, 0) is 35.6 Å². The van der Waals surface area contributed by atoms with E-state index >= 15 is 0 Å². The number of rotatable bonds is 6. The first-order valence-corrected chi connectivity index (χ1v) is 10.0. The highest BCUT2D eigenvalue weighted by Gasteiger charge is 2.30. The van der Waals surface area contributed by atoms with E-state index in [4.69, 9.17) is 5.73 Å². The third-order valence-corrected chi connectivity index (χ3v) is 5.56. The van der Waals surface area contributed by atoms with Crippen LogP contribution in [-0.4, -0.2) is 27.8 Å². The summed E-state index contributed by atoms with van der Waals surface area (Å²) in [6, 6.07) is 12.9. The fourth-order valence-corrected chi connectivity index (χ4v) is 3.96. The van der Waals surface area contributed by atoms with E-state index in [0.29, 0.717) is 17.1 Å². The molecule has 0 amide bonds. The van der Waals surface area contributed by atoms with Gasteiger partial charge in [0.2, 0.25) is 5.13 Å². The zero-order chi connectivity index (χ0) is 21.1. The molecule has 2 aromatic heterocycles. The van der Waals surface area contributed by atoms with Gasteiger partial charge in [-0.3, -0.25) is 4.98 Å². The molecule has 4 aromatic rings. The summed E-state index contributed by atoms with van der Waals surface area (Å²) in [5.41, 5.74) is 6.66. The highest BCUT2D eigenvalue weighted by atomic mass is 32.1. The number of nitrogens with zero attached hydrogens (tertiary/aromatic N) is 3. The molecule has 2 aromatic carbocycles. The number of aromatic nitrogens is 3. The molecular formula is C21H18F3N5S. The topological polar surface area (TPSA) is 76.7 Å². The standard InChI is InChI=1S/C21H18F3N5S/c22-21(23,24)17-3-1-2-13(8-17)9-18(11-25)27-20-29-28-19(30-20)15-4-5-16-12-26-7-6-14(16)10-15/h1-8,10,12,18H,9,11,25H2,(H,27,29)/t18-/m1/s1. The van der Waals surface area contributed by atoms with Crippen LogP contribution < -0.4 is 11.1 Å². The summed E-state index contributed by atoms with van der Waals surface area (Å²) in [6.45, 7) is 0.244. The normalized spacial score (nSPS) is 12.8. The van der Waals surface area contributed by atoms with Crippen molar-refractivity contribution < 1.29 is 13.2 Å². The Balaban J connectivity index is 1.49. The Morgan fingerprint density at radius 2 is 1.90 bits per heavy atom. The van der Waals surface area contributed by atoms with Gasteiger partial charge in [0.25, 0.3) is 0 Å². The van der Waals surface area contributed by atoms with Gasteiger partial charge in [-0.25, -0.2) is 0 Å². The molecule has 2 heterocycles. The maximum Gasteiger partial charge on any atom is 0.416 e. The maximum atomic E-state index is 12.9. The highest BCUT2D eigenvalue weighted by molar-refractivity contribution is 7.18. The molecule has 0 aliphatic carbocycles. The second kappa shape index (κ2) is 8.37. The SMILES string of the molecule is NC[C@@H](Cc1cccc(C(F)(F)F)c1)Nc1nnc(-c2ccc3cnccc3c2)s1. The van der Waals surface area contributed by atoms with Gasteiger partial charge in [0, 0.05) is 35.9 Å². The van der Waals surface area contributed by atoms with Crippen LogP contribution in [0.2, 0.25) is 0 Å². The first-order chi connectivity index (χ1) is 14.4. The summed E-state index contributed by atoms with van der Waals surface area (Å²) in [6.07, 6.45) is -0.491. The highest BCUT2D eigenvalue weighted by Crippen LogP contribution is 2.31. The van der Waals surface area contributed by atoms with E-state index in [9.17, 15) is 13.2 Å². The number of halogens is 3. The molecule has 0 aliphatic heterocycles. The van der Waals surface area contributed by atoms with Gasteiger partial charge in [-0.15, -0.1) is 10.2 Å².